The van der Waals surface area contributed by atoms with E-state index in [0.29, 0.717) is 18.7 Å². The highest BCUT2D eigenvalue weighted by Crippen LogP contribution is 2.39. The molecule has 1 fully saturated rings. The first-order valence-corrected chi connectivity index (χ1v) is 9.23. The highest BCUT2D eigenvalue weighted by atomic mass is 16.5. The molecule has 0 amide bonds. The molecule has 2 bridgehead atoms. The number of allylic oxidation sites excluding steroid dienone is 1. The summed E-state index contributed by atoms with van der Waals surface area (Å²) in [7, 11) is 3.04. The number of esters is 1. The van der Waals surface area contributed by atoms with E-state index >= 15 is 0 Å². The molecule has 2 aromatic rings. The van der Waals surface area contributed by atoms with Crippen molar-refractivity contribution < 1.29 is 19.1 Å². The fourth-order valence-corrected chi connectivity index (χ4v) is 4.57. The number of methoxy groups -OCH3 is 2. The Hall–Kier alpha value is -2.44. The number of nitrogens with zero attached hydrogens (tertiary/aromatic N) is 1. The average Bonchev–Trinajstić information content (AvgIpc) is 3.24. The lowest BCUT2D eigenvalue weighted by molar-refractivity contribution is -0.152. The Morgan fingerprint density at radius 3 is 2.74 bits per heavy atom. The highest BCUT2D eigenvalue weighted by molar-refractivity contribution is 6.03. The molecule has 0 saturated carbocycles. The summed E-state index contributed by atoms with van der Waals surface area (Å²) in [4.78, 5) is 31.1. The maximum atomic E-state index is 13.2. The Kier molecular flexibility index (Phi) is 4.61. The molecule has 142 valence electrons. The first-order valence-electron chi connectivity index (χ1n) is 9.23. The number of benzene rings is 1. The molecule has 4 unspecified atom stereocenters. The smallest absolute Gasteiger partial charge is 0.323 e. The van der Waals surface area contributed by atoms with Crippen molar-refractivity contribution >= 4 is 22.7 Å². The van der Waals surface area contributed by atoms with E-state index < -0.39 is 6.04 Å². The third-order valence-corrected chi connectivity index (χ3v) is 5.91. The fourth-order valence-electron chi connectivity index (χ4n) is 4.57. The maximum absolute atomic E-state index is 13.2. The number of hydrogen-bond donors (Lipinski definition) is 1. The van der Waals surface area contributed by atoms with Gasteiger partial charge in [-0.3, -0.25) is 14.5 Å². The monoisotopic (exact) mass is 368 g/mol. The number of rotatable bonds is 2. The van der Waals surface area contributed by atoms with Crippen LogP contribution in [-0.2, 0) is 20.7 Å². The fraction of sp³-hybridized carbons (Fsp3) is 0.429. The van der Waals surface area contributed by atoms with Crippen LogP contribution in [0.2, 0.25) is 0 Å². The van der Waals surface area contributed by atoms with E-state index in [4.69, 9.17) is 9.47 Å². The zero-order chi connectivity index (χ0) is 19.1. The molecule has 0 aliphatic carbocycles. The number of H-pyrrole nitrogens is 1. The summed E-state index contributed by atoms with van der Waals surface area (Å²) in [6.45, 7) is 2.55. The molecular formula is C21H24N2O4. The highest BCUT2D eigenvalue weighted by Gasteiger charge is 2.48. The van der Waals surface area contributed by atoms with Crippen LogP contribution in [0.1, 0.15) is 29.4 Å². The van der Waals surface area contributed by atoms with Gasteiger partial charge in [0, 0.05) is 43.3 Å². The number of carbonyl (C=O) groups excluding carboxylic acids is 2. The Balaban J connectivity index is 1.88. The van der Waals surface area contributed by atoms with Gasteiger partial charge in [-0.2, -0.15) is 0 Å². The zero-order valence-corrected chi connectivity index (χ0v) is 15.8. The van der Waals surface area contributed by atoms with E-state index in [1.807, 2.05) is 42.2 Å². The number of nitrogens with one attached hydrogen (secondary N) is 1. The minimum atomic E-state index is -0.509. The van der Waals surface area contributed by atoms with Gasteiger partial charge in [0.2, 0.25) is 0 Å². The molecule has 1 aromatic heterocycles. The molecule has 27 heavy (non-hydrogen) atoms. The van der Waals surface area contributed by atoms with Gasteiger partial charge in [0.05, 0.1) is 12.8 Å². The number of hydrogen-bond acceptors (Lipinski definition) is 5. The van der Waals surface area contributed by atoms with Crippen LogP contribution in [0.4, 0.5) is 0 Å². The summed E-state index contributed by atoms with van der Waals surface area (Å²) in [6, 6.07) is 7.41. The molecule has 6 nitrogen and oxygen atoms in total. The molecule has 3 heterocycles. The minimum absolute atomic E-state index is 0.0260. The third-order valence-electron chi connectivity index (χ3n) is 5.91. The van der Waals surface area contributed by atoms with Gasteiger partial charge in [-0.15, -0.1) is 0 Å². The summed E-state index contributed by atoms with van der Waals surface area (Å²) in [5.74, 6) is -0.495. The van der Waals surface area contributed by atoms with Crippen molar-refractivity contribution in [2.24, 2.45) is 5.92 Å². The van der Waals surface area contributed by atoms with Gasteiger partial charge in [-0.25, -0.2) is 0 Å². The number of aromatic amines is 1. The van der Waals surface area contributed by atoms with Gasteiger partial charge >= 0.3 is 5.97 Å². The number of fused-ring (bicyclic) bond motifs is 5. The Morgan fingerprint density at radius 1 is 1.26 bits per heavy atom. The van der Waals surface area contributed by atoms with Gasteiger partial charge in [-0.05, 0) is 18.6 Å². The van der Waals surface area contributed by atoms with Crippen molar-refractivity contribution in [3.8, 4) is 0 Å². The van der Waals surface area contributed by atoms with E-state index in [9.17, 15) is 9.59 Å². The predicted octanol–water partition coefficient (Wildman–Crippen LogP) is 2.69. The average molecular weight is 368 g/mol. The lowest BCUT2D eigenvalue weighted by Crippen LogP contribution is -2.47. The summed E-state index contributed by atoms with van der Waals surface area (Å²) < 4.78 is 10.9. The van der Waals surface area contributed by atoms with E-state index in [0.717, 1.165) is 22.0 Å². The van der Waals surface area contributed by atoms with E-state index in [-0.39, 0.29) is 30.3 Å². The second-order valence-electron chi connectivity index (χ2n) is 7.16. The molecule has 1 saturated heterocycles. The van der Waals surface area contributed by atoms with E-state index in [1.54, 1.807) is 7.11 Å². The van der Waals surface area contributed by atoms with Crippen molar-refractivity contribution in [1.82, 2.24) is 9.88 Å². The number of ether oxygens (including phenoxy) is 2. The van der Waals surface area contributed by atoms with Crippen LogP contribution in [0.15, 0.2) is 35.9 Å². The van der Waals surface area contributed by atoms with Gasteiger partial charge in [0.25, 0.3) is 0 Å². The minimum Gasteiger partial charge on any atom is -0.468 e. The Bertz CT molecular complexity index is 929. The standard InChI is InChI=1S/C21H24N2O4/c1-4-12-11-23-18(26-2)10-15-13-7-5-6-8-16(13)22-19(15)17(24)9-14(12)20(23)21(25)27-3/h4-8,14,18,20,22H,9-11H2,1-3H3/b12-4-. The first-order chi connectivity index (χ1) is 13.1. The summed E-state index contributed by atoms with van der Waals surface area (Å²) >= 11 is 0. The van der Waals surface area contributed by atoms with E-state index in [1.165, 1.54) is 7.11 Å². The largest absolute Gasteiger partial charge is 0.468 e. The summed E-state index contributed by atoms with van der Waals surface area (Å²) in [5.41, 5.74) is 3.62. The number of aromatic nitrogens is 1. The van der Waals surface area contributed by atoms with Crippen molar-refractivity contribution in [2.75, 3.05) is 20.8 Å². The molecule has 2 aliphatic heterocycles. The molecule has 0 radical (unpaired) electrons. The van der Waals surface area contributed by atoms with Crippen LogP contribution in [-0.4, -0.2) is 54.7 Å². The molecule has 1 aromatic carbocycles. The van der Waals surface area contributed by atoms with Gasteiger partial charge in [-0.1, -0.05) is 29.8 Å². The number of carbonyl (C=O) groups is 2. The maximum Gasteiger partial charge on any atom is 0.323 e. The number of ketones is 1. The molecule has 6 heteroatoms. The number of Topliss-reactive ketones (excluding diaryl/α,β-unsaturated/α-hetero) is 1. The van der Waals surface area contributed by atoms with Crippen LogP contribution < -0.4 is 0 Å². The van der Waals surface area contributed by atoms with Crippen LogP contribution >= 0.6 is 0 Å². The van der Waals surface area contributed by atoms with Crippen LogP contribution in [0.5, 0.6) is 0 Å². The van der Waals surface area contributed by atoms with Crippen molar-refractivity contribution in [2.45, 2.75) is 32.0 Å². The molecule has 2 aliphatic rings. The SMILES string of the molecule is C/C=C1/CN2C(OC)Cc3c([nH]c4ccccc34)C(=O)CC1C2C(=O)OC. The Morgan fingerprint density at radius 2 is 2.04 bits per heavy atom. The van der Waals surface area contributed by atoms with Crippen molar-refractivity contribution in [3.05, 3.63) is 47.2 Å². The second-order valence-corrected chi connectivity index (χ2v) is 7.16. The first kappa shape index (κ1) is 17.9. The van der Waals surface area contributed by atoms with Crippen molar-refractivity contribution in [1.29, 1.82) is 0 Å². The molecule has 1 N–H and O–H groups in total. The molecule has 0 spiro atoms. The lowest BCUT2D eigenvalue weighted by Gasteiger charge is -2.31. The summed E-state index contributed by atoms with van der Waals surface area (Å²) in [6.07, 6.45) is 2.48. The predicted molar refractivity (Wildman–Crippen MR) is 102 cm³/mol. The van der Waals surface area contributed by atoms with Gasteiger partial charge in [0.1, 0.15) is 12.3 Å². The van der Waals surface area contributed by atoms with Gasteiger partial charge < -0.3 is 14.5 Å². The Labute approximate surface area is 158 Å². The van der Waals surface area contributed by atoms with Crippen molar-refractivity contribution in [3.63, 3.8) is 0 Å². The van der Waals surface area contributed by atoms with Crippen LogP contribution in [0.3, 0.4) is 0 Å². The van der Waals surface area contributed by atoms with Gasteiger partial charge in [0.15, 0.2) is 5.78 Å². The second kappa shape index (κ2) is 6.94. The number of para-hydroxylation sites is 1. The quantitative estimate of drug-likeness (QED) is 0.652. The van der Waals surface area contributed by atoms with Crippen LogP contribution in [0, 0.1) is 5.92 Å². The normalized spacial score (nSPS) is 29.3. The zero-order valence-electron chi connectivity index (χ0n) is 15.8. The van der Waals surface area contributed by atoms with E-state index in [2.05, 4.69) is 4.98 Å². The lowest BCUT2D eigenvalue weighted by atomic mass is 9.89. The topological polar surface area (TPSA) is 71.6 Å². The summed E-state index contributed by atoms with van der Waals surface area (Å²) in [5, 5.41) is 1.03. The van der Waals surface area contributed by atoms with Crippen LogP contribution in [0.25, 0.3) is 10.9 Å². The molecule has 4 atom stereocenters. The molecule has 4 rings (SSSR count). The third kappa shape index (κ3) is 2.80. The molecular weight excluding hydrogens is 344 g/mol.